The fourth-order valence-electron chi connectivity index (χ4n) is 3.65. The molecule has 0 bridgehead atoms. The highest BCUT2D eigenvalue weighted by Gasteiger charge is 2.30. The summed E-state index contributed by atoms with van der Waals surface area (Å²) in [4.78, 5) is 31.9. The number of nitrogens with one attached hydrogen (secondary N) is 2. The second kappa shape index (κ2) is 10.6. The SMILES string of the molecule is CC(C)(C)OC(=O)N1CCC(NC(=O)[C@@H]2CC/C(=N\OCc3ccccc3)CN2)CC1. The first-order valence-corrected chi connectivity index (χ1v) is 11.0. The number of hydrogen-bond acceptors (Lipinski definition) is 6. The molecule has 0 radical (unpaired) electrons. The van der Waals surface area contributed by atoms with Crippen molar-refractivity contribution >= 4 is 17.7 Å². The van der Waals surface area contributed by atoms with Crippen molar-refractivity contribution < 1.29 is 19.2 Å². The molecule has 0 spiro atoms. The molecule has 1 aromatic rings. The number of oxime groups is 1. The molecule has 8 heteroatoms. The van der Waals surface area contributed by atoms with Gasteiger partial charge in [-0.05, 0) is 52.0 Å². The number of benzene rings is 1. The van der Waals surface area contributed by atoms with Gasteiger partial charge >= 0.3 is 6.09 Å². The third-order valence-electron chi connectivity index (χ3n) is 5.35. The molecule has 0 saturated carbocycles. The molecule has 31 heavy (non-hydrogen) atoms. The first-order valence-electron chi connectivity index (χ1n) is 11.0. The summed E-state index contributed by atoms with van der Waals surface area (Å²) >= 11 is 0. The van der Waals surface area contributed by atoms with Gasteiger partial charge in [-0.1, -0.05) is 35.5 Å². The molecule has 2 amide bonds. The van der Waals surface area contributed by atoms with Crippen LogP contribution >= 0.6 is 0 Å². The van der Waals surface area contributed by atoms with E-state index in [0.29, 0.717) is 32.7 Å². The Bertz CT molecular complexity index is 758. The summed E-state index contributed by atoms with van der Waals surface area (Å²) in [6.45, 7) is 7.75. The quantitative estimate of drug-likeness (QED) is 0.701. The molecule has 0 aromatic heterocycles. The van der Waals surface area contributed by atoms with Crippen molar-refractivity contribution in [3.63, 3.8) is 0 Å². The molecule has 0 aliphatic carbocycles. The molecule has 1 atom stereocenters. The molecule has 0 unspecified atom stereocenters. The van der Waals surface area contributed by atoms with E-state index in [0.717, 1.165) is 30.5 Å². The minimum Gasteiger partial charge on any atom is -0.444 e. The molecular formula is C23H34N4O4. The van der Waals surface area contributed by atoms with Gasteiger partial charge < -0.3 is 25.1 Å². The van der Waals surface area contributed by atoms with Crippen LogP contribution in [-0.2, 0) is 21.0 Å². The zero-order valence-electron chi connectivity index (χ0n) is 18.7. The van der Waals surface area contributed by atoms with Gasteiger partial charge in [0.25, 0.3) is 0 Å². The minimum absolute atomic E-state index is 0.0139. The van der Waals surface area contributed by atoms with E-state index in [1.165, 1.54) is 0 Å². The van der Waals surface area contributed by atoms with E-state index < -0.39 is 5.60 Å². The van der Waals surface area contributed by atoms with Gasteiger partial charge in [-0.15, -0.1) is 0 Å². The van der Waals surface area contributed by atoms with Gasteiger partial charge in [-0.3, -0.25) is 4.79 Å². The Morgan fingerprint density at radius 1 is 1.16 bits per heavy atom. The van der Waals surface area contributed by atoms with E-state index in [9.17, 15) is 9.59 Å². The van der Waals surface area contributed by atoms with Gasteiger partial charge in [0.2, 0.25) is 5.91 Å². The highest BCUT2D eigenvalue weighted by molar-refractivity contribution is 5.90. The maximum absolute atomic E-state index is 12.6. The zero-order chi connectivity index (χ0) is 22.3. The average Bonchev–Trinajstić information content (AvgIpc) is 2.74. The molecular weight excluding hydrogens is 396 g/mol. The molecule has 2 aliphatic rings. The number of amides is 2. The van der Waals surface area contributed by atoms with E-state index in [1.807, 2.05) is 51.1 Å². The van der Waals surface area contributed by atoms with Crippen LogP contribution in [0.1, 0.15) is 52.0 Å². The van der Waals surface area contributed by atoms with Crippen LogP contribution in [0, 0.1) is 0 Å². The molecule has 3 rings (SSSR count). The number of nitrogens with zero attached hydrogens (tertiary/aromatic N) is 2. The van der Waals surface area contributed by atoms with E-state index in [4.69, 9.17) is 9.57 Å². The lowest BCUT2D eigenvalue weighted by Gasteiger charge is -2.34. The number of ether oxygens (including phenoxy) is 1. The molecule has 2 N–H and O–H groups in total. The predicted octanol–water partition coefficient (Wildman–Crippen LogP) is 2.83. The Morgan fingerprint density at radius 3 is 2.48 bits per heavy atom. The largest absolute Gasteiger partial charge is 0.444 e. The van der Waals surface area contributed by atoms with Gasteiger partial charge in [0.05, 0.1) is 11.8 Å². The smallest absolute Gasteiger partial charge is 0.410 e. The van der Waals surface area contributed by atoms with Gasteiger partial charge in [-0.25, -0.2) is 4.79 Å². The normalized spacial score (nSPS) is 21.6. The average molecular weight is 431 g/mol. The Hall–Kier alpha value is -2.61. The summed E-state index contributed by atoms with van der Waals surface area (Å²) in [6, 6.07) is 9.76. The van der Waals surface area contributed by atoms with Crippen LogP contribution in [0.3, 0.4) is 0 Å². The van der Waals surface area contributed by atoms with Crippen LogP contribution in [-0.4, -0.2) is 59.9 Å². The monoisotopic (exact) mass is 430 g/mol. The fourth-order valence-corrected chi connectivity index (χ4v) is 3.65. The summed E-state index contributed by atoms with van der Waals surface area (Å²) in [5.74, 6) is 0.0139. The summed E-state index contributed by atoms with van der Waals surface area (Å²) in [5.41, 5.74) is 1.50. The van der Waals surface area contributed by atoms with Gasteiger partial charge in [-0.2, -0.15) is 0 Å². The Balaban J connectivity index is 1.35. The third-order valence-corrected chi connectivity index (χ3v) is 5.35. The van der Waals surface area contributed by atoms with Crippen molar-refractivity contribution in [1.29, 1.82) is 0 Å². The van der Waals surface area contributed by atoms with Crippen molar-refractivity contribution in [1.82, 2.24) is 15.5 Å². The first-order chi connectivity index (χ1) is 14.8. The Labute approximate surface area is 184 Å². The van der Waals surface area contributed by atoms with Crippen molar-refractivity contribution in [2.75, 3.05) is 19.6 Å². The summed E-state index contributed by atoms with van der Waals surface area (Å²) in [7, 11) is 0. The van der Waals surface area contributed by atoms with Crippen molar-refractivity contribution in [2.45, 2.75) is 70.7 Å². The fraction of sp³-hybridized carbons (Fsp3) is 0.609. The van der Waals surface area contributed by atoms with E-state index >= 15 is 0 Å². The van der Waals surface area contributed by atoms with E-state index in [1.54, 1.807) is 4.90 Å². The number of hydrogen-bond donors (Lipinski definition) is 2. The lowest BCUT2D eigenvalue weighted by Crippen LogP contribution is -2.54. The number of carbonyl (C=O) groups is 2. The molecule has 2 fully saturated rings. The topological polar surface area (TPSA) is 92.3 Å². The molecule has 170 valence electrons. The second-order valence-electron chi connectivity index (χ2n) is 9.14. The van der Waals surface area contributed by atoms with Crippen molar-refractivity contribution in [2.24, 2.45) is 5.16 Å². The van der Waals surface area contributed by atoms with Gasteiger partial charge in [0.1, 0.15) is 12.2 Å². The maximum atomic E-state index is 12.6. The first kappa shape index (κ1) is 23.1. The van der Waals surface area contributed by atoms with Gasteiger partial charge in [0.15, 0.2) is 0 Å². The zero-order valence-corrected chi connectivity index (χ0v) is 18.7. The third kappa shape index (κ3) is 7.54. The van der Waals surface area contributed by atoms with Crippen LogP contribution in [0.5, 0.6) is 0 Å². The highest BCUT2D eigenvalue weighted by atomic mass is 16.6. The van der Waals surface area contributed by atoms with E-state index in [-0.39, 0.29) is 24.1 Å². The molecule has 2 saturated heterocycles. The van der Waals surface area contributed by atoms with Crippen LogP contribution in [0.4, 0.5) is 4.79 Å². The molecule has 2 heterocycles. The second-order valence-corrected chi connectivity index (χ2v) is 9.14. The Morgan fingerprint density at radius 2 is 1.87 bits per heavy atom. The van der Waals surface area contributed by atoms with Crippen molar-refractivity contribution in [3.05, 3.63) is 35.9 Å². The number of carbonyl (C=O) groups excluding carboxylic acids is 2. The predicted molar refractivity (Wildman–Crippen MR) is 119 cm³/mol. The Kier molecular flexibility index (Phi) is 7.90. The minimum atomic E-state index is -0.496. The number of piperidine rings is 2. The van der Waals surface area contributed by atoms with Gasteiger partial charge in [0, 0.05) is 25.7 Å². The lowest BCUT2D eigenvalue weighted by atomic mass is 10.0. The van der Waals surface area contributed by atoms with Crippen LogP contribution < -0.4 is 10.6 Å². The molecule has 8 nitrogen and oxygen atoms in total. The lowest BCUT2D eigenvalue weighted by molar-refractivity contribution is -0.124. The molecule has 1 aromatic carbocycles. The highest BCUT2D eigenvalue weighted by Crippen LogP contribution is 2.16. The number of rotatable bonds is 5. The van der Waals surface area contributed by atoms with Crippen molar-refractivity contribution in [3.8, 4) is 0 Å². The number of likely N-dealkylation sites (tertiary alicyclic amines) is 1. The standard InChI is InChI=1S/C23H34N4O4/c1-23(2,3)31-22(29)27-13-11-18(12-14-27)25-21(28)20-10-9-19(15-24-20)26-30-16-17-7-5-4-6-8-17/h4-8,18,20,24H,9-16H2,1-3H3,(H,25,28)/b26-19+/t20-/m0/s1. The maximum Gasteiger partial charge on any atom is 0.410 e. The summed E-state index contributed by atoms with van der Waals surface area (Å²) in [5, 5.41) is 10.6. The summed E-state index contributed by atoms with van der Waals surface area (Å²) in [6.07, 6.45) is 2.61. The summed E-state index contributed by atoms with van der Waals surface area (Å²) < 4.78 is 5.42. The van der Waals surface area contributed by atoms with E-state index in [2.05, 4.69) is 15.8 Å². The van der Waals surface area contributed by atoms with Crippen LogP contribution in [0.15, 0.2) is 35.5 Å². The van der Waals surface area contributed by atoms with Crippen LogP contribution in [0.25, 0.3) is 0 Å². The van der Waals surface area contributed by atoms with Crippen LogP contribution in [0.2, 0.25) is 0 Å². The molecule has 2 aliphatic heterocycles.